The van der Waals surface area contributed by atoms with Gasteiger partial charge in [0, 0.05) is 5.02 Å². The molecule has 4 nitrogen and oxygen atoms in total. The summed E-state index contributed by atoms with van der Waals surface area (Å²) >= 11 is 5.98. The van der Waals surface area contributed by atoms with Gasteiger partial charge in [0.05, 0.1) is 17.9 Å². The first-order valence-corrected chi connectivity index (χ1v) is 6.89. The lowest BCUT2D eigenvalue weighted by atomic mass is 10.2. The fourth-order valence-electron chi connectivity index (χ4n) is 1.77. The molecule has 110 valence electrons. The smallest absolute Gasteiger partial charge is 0.338 e. The Kier molecular flexibility index (Phi) is 4.70. The number of carbonyl (C=O) groups excluding carboxylic acids is 1. The normalized spacial score (nSPS) is 10.2. The van der Waals surface area contributed by atoms with Gasteiger partial charge in [0.15, 0.2) is 5.75 Å². The lowest BCUT2D eigenvalue weighted by Crippen LogP contribution is -2.05. The second-order valence-corrected chi connectivity index (χ2v) is 4.89. The molecule has 0 aliphatic rings. The number of halogens is 1. The van der Waals surface area contributed by atoms with Crippen LogP contribution in [-0.2, 0) is 4.74 Å². The van der Waals surface area contributed by atoms with Crippen LogP contribution in [0.5, 0.6) is 11.5 Å². The van der Waals surface area contributed by atoms with Crippen molar-refractivity contribution in [3.8, 4) is 11.5 Å². The molecule has 0 unspecified atom stereocenters. The molecule has 0 fully saturated rings. The Morgan fingerprint density at radius 2 is 2.00 bits per heavy atom. The molecule has 0 spiro atoms. The van der Waals surface area contributed by atoms with Crippen molar-refractivity contribution in [2.45, 2.75) is 13.8 Å². The summed E-state index contributed by atoms with van der Waals surface area (Å²) in [6.45, 7) is 3.95. The van der Waals surface area contributed by atoms with Crippen LogP contribution < -0.4 is 10.5 Å². The summed E-state index contributed by atoms with van der Waals surface area (Å²) in [5, 5.41) is 0.663. The largest absolute Gasteiger partial charge is 0.462 e. The molecular formula is C16H16ClNO3. The Balaban J connectivity index is 2.28. The van der Waals surface area contributed by atoms with Crippen LogP contribution in [0.25, 0.3) is 0 Å². The second kappa shape index (κ2) is 6.50. The van der Waals surface area contributed by atoms with E-state index in [0.717, 1.165) is 5.56 Å². The van der Waals surface area contributed by atoms with Crippen molar-refractivity contribution in [1.82, 2.24) is 0 Å². The number of benzene rings is 2. The number of esters is 1. The summed E-state index contributed by atoms with van der Waals surface area (Å²) in [5.41, 5.74) is 7.61. The molecule has 0 saturated carbocycles. The van der Waals surface area contributed by atoms with E-state index < -0.39 is 5.97 Å². The van der Waals surface area contributed by atoms with E-state index in [-0.39, 0.29) is 0 Å². The number of carbonyl (C=O) groups is 1. The molecule has 21 heavy (non-hydrogen) atoms. The molecule has 0 amide bonds. The first-order valence-electron chi connectivity index (χ1n) is 6.52. The average Bonchev–Trinajstić information content (AvgIpc) is 2.45. The number of ether oxygens (including phenoxy) is 2. The maximum absolute atomic E-state index is 11.7. The molecule has 0 radical (unpaired) electrons. The number of anilines is 1. The molecule has 2 aromatic carbocycles. The molecule has 0 aromatic heterocycles. The summed E-state index contributed by atoms with van der Waals surface area (Å²) in [5.74, 6) is 0.599. The van der Waals surface area contributed by atoms with Crippen LogP contribution >= 0.6 is 11.6 Å². The zero-order valence-electron chi connectivity index (χ0n) is 11.9. The van der Waals surface area contributed by atoms with E-state index in [1.807, 2.05) is 6.92 Å². The first kappa shape index (κ1) is 15.2. The predicted molar refractivity (Wildman–Crippen MR) is 83.1 cm³/mol. The number of nitrogens with two attached hydrogens (primary N) is 1. The molecule has 0 saturated heterocycles. The van der Waals surface area contributed by atoms with Gasteiger partial charge in [-0.1, -0.05) is 11.6 Å². The van der Waals surface area contributed by atoms with Gasteiger partial charge in [-0.3, -0.25) is 0 Å². The minimum absolute atomic E-state index is 0.315. The van der Waals surface area contributed by atoms with Gasteiger partial charge in [-0.05, 0) is 55.8 Å². The van der Waals surface area contributed by atoms with E-state index in [2.05, 4.69) is 0 Å². The molecule has 0 aliphatic carbocycles. The Labute approximate surface area is 128 Å². The van der Waals surface area contributed by atoms with Gasteiger partial charge < -0.3 is 15.2 Å². The van der Waals surface area contributed by atoms with Crippen molar-refractivity contribution < 1.29 is 14.3 Å². The summed E-state index contributed by atoms with van der Waals surface area (Å²) in [7, 11) is 0. The summed E-state index contributed by atoms with van der Waals surface area (Å²) in [6.07, 6.45) is 0. The highest BCUT2D eigenvalue weighted by atomic mass is 35.5. The minimum Gasteiger partial charge on any atom is -0.462 e. The van der Waals surface area contributed by atoms with Gasteiger partial charge in [0.1, 0.15) is 5.75 Å². The van der Waals surface area contributed by atoms with Gasteiger partial charge in [-0.25, -0.2) is 4.79 Å². The Bertz CT molecular complexity index is 671. The Hall–Kier alpha value is -2.20. The molecule has 2 aromatic rings. The summed E-state index contributed by atoms with van der Waals surface area (Å²) in [6, 6.07) is 10.1. The first-order chi connectivity index (χ1) is 10.0. The van der Waals surface area contributed by atoms with Gasteiger partial charge in [-0.15, -0.1) is 0 Å². The monoisotopic (exact) mass is 305 g/mol. The van der Waals surface area contributed by atoms with E-state index in [0.29, 0.717) is 34.4 Å². The summed E-state index contributed by atoms with van der Waals surface area (Å²) in [4.78, 5) is 11.7. The highest BCUT2D eigenvalue weighted by Gasteiger charge is 2.11. The Morgan fingerprint density at radius 3 is 2.67 bits per heavy atom. The minimum atomic E-state index is -0.408. The van der Waals surface area contributed by atoms with Crippen molar-refractivity contribution in [2.24, 2.45) is 0 Å². The van der Waals surface area contributed by atoms with Crippen molar-refractivity contribution in [3.63, 3.8) is 0 Å². The molecule has 0 atom stereocenters. The number of rotatable bonds is 4. The fourth-order valence-corrected chi connectivity index (χ4v) is 1.89. The van der Waals surface area contributed by atoms with E-state index in [1.54, 1.807) is 43.3 Å². The maximum atomic E-state index is 11.7. The lowest BCUT2D eigenvalue weighted by Gasteiger charge is -2.11. The molecule has 2 N–H and O–H groups in total. The van der Waals surface area contributed by atoms with Gasteiger partial charge in [-0.2, -0.15) is 0 Å². The molecule has 0 heterocycles. The molecule has 2 rings (SSSR count). The SMILES string of the molecule is CCOC(=O)c1ccc(N)c(Oc2ccc(Cl)c(C)c2)c1. The number of hydrogen-bond donors (Lipinski definition) is 1. The molecular weight excluding hydrogens is 290 g/mol. The van der Waals surface area contributed by atoms with Crippen LogP contribution in [0.2, 0.25) is 5.02 Å². The highest BCUT2D eigenvalue weighted by Crippen LogP contribution is 2.30. The number of aryl methyl sites for hydroxylation is 1. The highest BCUT2D eigenvalue weighted by molar-refractivity contribution is 6.31. The van der Waals surface area contributed by atoms with Crippen molar-refractivity contribution >= 4 is 23.3 Å². The van der Waals surface area contributed by atoms with Crippen LogP contribution in [0.15, 0.2) is 36.4 Å². The van der Waals surface area contributed by atoms with Crippen LogP contribution in [0.1, 0.15) is 22.8 Å². The third-order valence-electron chi connectivity index (χ3n) is 2.88. The van der Waals surface area contributed by atoms with Gasteiger partial charge >= 0.3 is 5.97 Å². The zero-order chi connectivity index (χ0) is 15.4. The van der Waals surface area contributed by atoms with Crippen LogP contribution in [0, 0.1) is 6.92 Å². The Morgan fingerprint density at radius 1 is 1.24 bits per heavy atom. The van der Waals surface area contributed by atoms with Gasteiger partial charge in [0.25, 0.3) is 0 Å². The predicted octanol–water partition coefficient (Wildman–Crippen LogP) is 4.20. The van der Waals surface area contributed by atoms with E-state index in [9.17, 15) is 4.79 Å². The zero-order valence-corrected chi connectivity index (χ0v) is 12.6. The van der Waals surface area contributed by atoms with E-state index >= 15 is 0 Å². The van der Waals surface area contributed by atoms with E-state index in [1.165, 1.54) is 0 Å². The second-order valence-electron chi connectivity index (χ2n) is 4.49. The van der Waals surface area contributed by atoms with E-state index in [4.69, 9.17) is 26.8 Å². The maximum Gasteiger partial charge on any atom is 0.338 e. The quantitative estimate of drug-likeness (QED) is 0.679. The third kappa shape index (κ3) is 3.67. The fraction of sp³-hybridized carbons (Fsp3) is 0.188. The molecule has 0 bridgehead atoms. The number of nitrogen functional groups attached to an aromatic ring is 1. The van der Waals surface area contributed by atoms with Crippen molar-refractivity contribution in [1.29, 1.82) is 0 Å². The van der Waals surface area contributed by atoms with Crippen LogP contribution in [-0.4, -0.2) is 12.6 Å². The topological polar surface area (TPSA) is 61.5 Å². The standard InChI is InChI=1S/C16H16ClNO3/c1-3-20-16(19)11-4-7-14(18)15(9-11)21-12-5-6-13(17)10(2)8-12/h4-9H,3,18H2,1-2H3. The average molecular weight is 306 g/mol. The lowest BCUT2D eigenvalue weighted by molar-refractivity contribution is 0.0526. The van der Waals surface area contributed by atoms with Crippen LogP contribution in [0.3, 0.4) is 0 Å². The molecule has 5 heteroatoms. The van der Waals surface area contributed by atoms with Crippen molar-refractivity contribution in [3.05, 3.63) is 52.5 Å². The molecule has 0 aliphatic heterocycles. The number of hydrogen-bond acceptors (Lipinski definition) is 4. The van der Waals surface area contributed by atoms with Gasteiger partial charge in [0.2, 0.25) is 0 Å². The van der Waals surface area contributed by atoms with Crippen LogP contribution in [0.4, 0.5) is 5.69 Å². The third-order valence-corrected chi connectivity index (χ3v) is 3.31. The van der Waals surface area contributed by atoms with Crippen molar-refractivity contribution in [2.75, 3.05) is 12.3 Å². The summed E-state index contributed by atoms with van der Waals surface area (Å²) < 4.78 is 10.7.